The second-order valence-corrected chi connectivity index (χ2v) is 7.22. The number of benzene rings is 1. The van der Waals surface area contributed by atoms with Crippen LogP contribution < -0.4 is 5.32 Å². The summed E-state index contributed by atoms with van der Waals surface area (Å²) in [5.74, 6) is -0.286. The molecule has 0 bridgehead atoms. The molecule has 2 aliphatic rings. The van der Waals surface area contributed by atoms with E-state index in [0.29, 0.717) is 25.2 Å². The van der Waals surface area contributed by atoms with E-state index in [1.54, 1.807) is 22.3 Å². The fourth-order valence-electron chi connectivity index (χ4n) is 3.53. The first-order valence-electron chi connectivity index (χ1n) is 8.06. The van der Waals surface area contributed by atoms with Crippen molar-refractivity contribution in [3.8, 4) is 0 Å². The monoisotopic (exact) mass is 342 g/mol. The molecule has 5 nitrogen and oxygen atoms in total. The molecule has 4 rings (SSSR count). The molecular weight excluding hydrogens is 324 g/mol. The molecular formula is C18H18N2O3S. The molecule has 2 aliphatic heterocycles. The van der Waals surface area contributed by atoms with Crippen LogP contribution in [0.3, 0.4) is 0 Å². The van der Waals surface area contributed by atoms with Crippen molar-refractivity contribution in [3.63, 3.8) is 0 Å². The highest BCUT2D eigenvalue weighted by Gasteiger charge is 2.48. The Hall–Kier alpha value is -2.34. The predicted molar refractivity (Wildman–Crippen MR) is 90.9 cm³/mol. The van der Waals surface area contributed by atoms with E-state index in [-0.39, 0.29) is 12.0 Å². The lowest BCUT2D eigenvalue weighted by Gasteiger charge is -2.39. The van der Waals surface area contributed by atoms with E-state index in [0.717, 1.165) is 23.3 Å². The van der Waals surface area contributed by atoms with Crippen molar-refractivity contribution in [2.75, 3.05) is 13.1 Å². The van der Waals surface area contributed by atoms with E-state index in [9.17, 15) is 9.59 Å². The van der Waals surface area contributed by atoms with Crippen LogP contribution in [0.15, 0.2) is 41.8 Å². The van der Waals surface area contributed by atoms with Crippen LogP contribution in [-0.4, -0.2) is 30.0 Å². The molecule has 0 unspecified atom stereocenters. The molecule has 2 amide bonds. The first kappa shape index (κ1) is 15.2. The minimum Gasteiger partial charge on any atom is -0.449 e. The van der Waals surface area contributed by atoms with Gasteiger partial charge in [-0.2, -0.15) is 0 Å². The van der Waals surface area contributed by atoms with Crippen LogP contribution in [0.25, 0.3) is 0 Å². The zero-order valence-electron chi connectivity index (χ0n) is 13.2. The lowest BCUT2D eigenvalue weighted by atomic mass is 9.85. The molecule has 0 radical (unpaired) electrons. The van der Waals surface area contributed by atoms with Gasteiger partial charge in [0.25, 0.3) is 0 Å². The molecule has 1 atom stereocenters. The van der Waals surface area contributed by atoms with Crippen molar-refractivity contribution in [3.05, 3.63) is 57.8 Å². The Morgan fingerprint density at radius 2 is 2.17 bits per heavy atom. The standard InChI is InChI=1S/C18H18N2O3S/c21-16-14-6-1-2-7-15(14)18(23-16)8-4-9-20(12-18)17(22)19-11-13-5-3-10-24-13/h1-3,5-7,10H,4,8-9,11-12H2,(H,19,22)/t18-/m1/s1. The van der Waals surface area contributed by atoms with Crippen molar-refractivity contribution in [2.24, 2.45) is 0 Å². The third-order valence-electron chi connectivity index (χ3n) is 4.66. The number of amides is 2. The number of hydrogen-bond acceptors (Lipinski definition) is 4. The number of ether oxygens (including phenoxy) is 1. The number of esters is 1. The second-order valence-electron chi connectivity index (χ2n) is 6.19. The van der Waals surface area contributed by atoms with Crippen LogP contribution in [0.1, 0.15) is 33.6 Å². The van der Waals surface area contributed by atoms with E-state index >= 15 is 0 Å². The molecule has 24 heavy (non-hydrogen) atoms. The molecule has 1 fully saturated rings. The lowest BCUT2D eigenvalue weighted by Crippen LogP contribution is -2.51. The van der Waals surface area contributed by atoms with Crippen LogP contribution in [0.5, 0.6) is 0 Å². The summed E-state index contributed by atoms with van der Waals surface area (Å²) in [6, 6.07) is 11.3. The molecule has 1 N–H and O–H groups in total. The van der Waals surface area contributed by atoms with Gasteiger partial charge in [0, 0.05) is 17.0 Å². The Morgan fingerprint density at radius 3 is 3.00 bits per heavy atom. The molecule has 0 saturated carbocycles. The van der Waals surface area contributed by atoms with Gasteiger partial charge < -0.3 is 15.0 Å². The number of nitrogens with zero attached hydrogens (tertiary/aromatic N) is 1. The van der Waals surface area contributed by atoms with Gasteiger partial charge in [-0.1, -0.05) is 24.3 Å². The molecule has 1 aromatic heterocycles. The van der Waals surface area contributed by atoms with E-state index in [1.165, 1.54) is 0 Å². The molecule has 3 heterocycles. The third kappa shape index (κ3) is 2.57. The fourth-order valence-corrected chi connectivity index (χ4v) is 4.18. The van der Waals surface area contributed by atoms with Crippen LogP contribution in [0, 0.1) is 0 Å². The maximum Gasteiger partial charge on any atom is 0.339 e. The van der Waals surface area contributed by atoms with E-state index in [2.05, 4.69) is 5.32 Å². The van der Waals surface area contributed by atoms with Crippen LogP contribution in [0.4, 0.5) is 4.79 Å². The number of rotatable bonds is 2. The van der Waals surface area contributed by atoms with Gasteiger partial charge in [0.1, 0.15) is 0 Å². The summed E-state index contributed by atoms with van der Waals surface area (Å²) in [4.78, 5) is 27.5. The number of fused-ring (bicyclic) bond motifs is 2. The number of nitrogens with one attached hydrogen (secondary N) is 1. The second kappa shape index (κ2) is 5.94. The van der Waals surface area contributed by atoms with Crippen molar-refractivity contribution in [2.45, 2.75) is 25.0 Å². The molecule has 6 heteroatoms. The molecule has 1 spiro atoms. The fraction of sp³-hybridized carbons (Fsp3) is 0.333. The van der Waals surface area contributed by atoms with Gasteiger partial charge in [-0.05, 0) is 30.4 Å². The summed E-state index contributed by atoms with van der Waals surface area (Å²) in [6.45, 7) is 1.61. The summed E-state index contributed by atoms with van der Waals surface area (Å²) in [7, 11) is 0. The summed E-state index contributed by atoms with van der Waals surface area (Å²) < 4.78 is 5.73. The van der Waals surface area contributed by atoms with Crippen molar-refractivity contribution in [1.82, 2.24) is 10.2 Å². The Kier molecular flexibility index (Phi) is 3.76. The van der Waals surface area contributed by atoms with E-state index in [4.69, 9.17) is 4.74 Å². The molecule has 1 aromatic carbocycles. The van der Waals surface area contributed by atoms with Crippen LogP contribution in [-0.2, 0) is 16.9 Å². The van der Waals surface area contributed by atoms with Gasteiger partial charge in [0.15, 0.2) is 5.60 Å². The predicted octanol–water partition coefficient (Wildman–Crippen LogP) is 3.12. The van der Waals surface area contributed by atoms with Crippen LogP contribution >= 0.6 is 11.3 Å². The molecule has 2 aromatic rings. The first-order valence-corrected chi connectivity index (χ1v) is 8.94. The number of likely N-dealkylation sites (tertiary alicyclic amines) is 1. The highest BCUT2D eigenvalue weighted by atomic mass is 32.1. The van der Waals surface area contributed by atoms with Crippen molar-refractivity contribution >= 4 is 23.3 Å². The third-order valence-corrected chi connectivity index (χ3v) is 5.54. The summed E-state index contributed by atoms with van der Waals surface area (Å²) >= 11 is 1.62. The number of carbonyl (C=O) groups excluding carboxylic acids is 2. The van der Waals surface area contributed by atoms with Crippen molar-refractivity contribution in [1.29, 1.82) is 0 Å². The summed E-state index contributed by atoms with van der Waals surface area (Å²) in [5.41, 5.74) is 0.843. The topological polar surface area (TPSA) is 58.6 Å². The zero-order valence-corrected chi connectivity index (χ0v) is 14.0. The summed E-state index contributed by atoms with van der Waals surface area (Å²) in [5, 5.41) is 4.95. The number of hydrogen-bond donors (Lipinski definition) is 1. The van der Waals surface area contributed by atoms with Crippen molar-refractivity contribution < 1.29 is 14.3 Å². The van der Waals surface area contributed by atoms with Crippen LogP contribution in [0.2, 0.25) is 0 Å². The minimum absolute atomic E-state index is 0.108. The first-order chi connectivity index (χ1) is 11.7. The number of carbonyl (C=O) groups is 2. The quantitative estimate of drug-likeness (QED) is 0.853. The number of urea groups is 1. The Bertz CT molecular complexity index is 774. The number of thiophene rings is 1. The Balaban J connectivity index is 1.50. The zero-order chi connectivity index (χ0) is 16.6. The maximum absolute atomic E-state index is 12.5. The van der Waals surface area contributed by atoms with E-state index in [1.807, 2.05) is 35.7 Å². The van der Waals surface area contributed by atoms with Gasteiger partial charge in [-0.25, -0.2) is 9.59 Å². The summed E-state index contributed by atoms with van der Waals surface area (Å²) in [6.07, 6.45) is 1.57. The maximum atomic E-state index is 12.5. The largest absolute Gasteiger partial charge is 0.449 e. The van der Waals surface area contributed by atoms with E-state index < -0.39 is 5.60 Å². The van der Waals surface area contributed by atoms with Gasteiger partial charge in [-0.15, -0.1) is 11.3 Å². The molecule has 1 saturated heterocycles. The lowest BCUT2D eigenvalue weighted by molar-refractivity contribution is -0.0410. The number of piperidine rings is 1. The highest BCUT2D eigenvalue weighted by molar-refractivity contribution is 7.09. The Labute approximate surface area is 144 Å². The minimum atomic E-state index is -0.688. The van der Waals surface area contributed by atoms with Gasteiger partial charge in [0.05, 0.1) is 18.7 Å². The average Bonchev–Trinajstić information content (AvgIpc) is 3.21. The normalized spacial score (nSPS) is 22.3. The van der Waals surface area contributed by atoms with Gasteiger partial charge in [0.2, 0.25) is 0 Å². The van der Waals surface area contributed by atoms with Gasteiger partial charge >= 0.3 is 12.0 Å². The highest BCUT2D eigenvalue weighted by Crippen LogP contribution is 2.42. The van der Waals surface area contributed by atoms with Gasteiger partial charge in [-0.3, -0.25) is 0 Å². The molecule has 124 valence electrons. The Morgan fingerprint density at radius 1 is 1.29 bits per heavy atom. The SMILES string of the molecule is O=C1O[C@@]2(CCCN(C(=O)NCc3cccs3)C2)c2ccccc21. The smallest absolute Gasteiger partial charge is 0.339 e. The average molecular weight is 342 g/mol. The molecule has 0 aliphatic carbocycles.